The molecule has 1 aromatic heterocycles. The van der Waals surface area contributed by atoms with E-state index < -0.39 is 0 Å². The van der Waals surface area contributed by atoms with Crippen molar-refractivity contribution < 1.29 is 9.84 Å². The molecule has 0 aliphatic carbocycles. The highest BCUT2D eigenvalue weighted by atomic mass is 16.5. The summed E-state index contributed by atoms with van der Waals surface area (Å²) < 4.78 is 6.05. The van der Waals surface area contributed by atoms with E-state index in [4.69, 9.17) is 4.74 Å². The van der Waals surface area contributed by atoms with Crippen molar-refractivity contribution in [2.24, 2.45) is 5.92 Å². The lowest BCUT2D eigenvalue weighted by Crippen LogP contribution is -2.30. The van der Waals surface area contributed by atoms with Crippen molar-refractivity contribution in [3.8, 4) is 34.0 Å². The Hall–Kier alpha value is -2.92. The third-order valence-electron chi connectivity index (χ3n) is 5.58. The number of hydrogen-bond acceptors (Lipinski definition) is 5. The molecule has 0 radical (unpaired) electrons. The van der Waals surface area contributed by atoms with Crippen molar-refractivity contribution in [2.75, 3.05) is 19.7 Å². The highest BCUT2D eigenvalue weighted by Gasteiger charge is 2.14. The van der Waals surface area contributed by atoms with Crippen LogP contribution in [0.1, 0.15) is 24.0 Å². The Morgan fingerprint density at radius 3 is 2.52 bits per heavy atom. The van der Waals surface area contributed by atoms with Gasteiger partial charge in [0.2, 0.25) is 0 Å². The van der Waals surface area contributed by atoms with E-state index in [9.17, 15) is 5.11 Å². The Morgan fingerprint density at radius 2 is 1.76 bits per heavy atom. The maximum atomic E-state index is 9.76. The topological polar surface area (TPSA) is 67.3 Å². The maximum Gasteiger partial charge on any atom is 0.119 e. The Kier molecular flexibility index (Phi) is 5.76. The third kappa shape index (κ3) is 4.57. The average Bonchev–Trinajstić information content (AvgIpc) is 2.75. The van der Waals surface area contributed by atoms with Gasteiger partial charge in [-0.05, 0) is 99.3 Å². The number of aromatic hydroxyl groups is 1. The van der Waals surface area contributed by atoms with Gasteiger partial charge in [-0.15, -0.1) is 0 Å². The smallest absolute Gasteiger partial charge is 0.119 e. The minimum Gasteiger partial charge on any atom is -0.508 e. The van der Waals surface area contributed by atoms with E-state index in [1.807, 2.05) is 31.2 Å². The monoisotopic (exact) mass is 389 g/mol. The van der Waals surface area contributed by atoms with E-state index in [0.29, 0.717) is 11.7 Å². The number of aromatic nitrogens is 2. The number of piperidine rings is 1. The first-order valence-corrected chi connectivity index (χ1v) is 10.2. The van der Waals surface area contributed by atoms with Crippen LogP contribution in [0.4, 0.5) is 0 Å². The van der Waals surface area contributed by atoms with Crippen LogP contribution in [0.2, 0.25) is 0 Å². The van der Waals surface area contributed by atoms with Crippen LogP contribution in [0.25, 0.3) is 22.5 Å². The molecule has 0 saturated carbocycles. The van der Waals surface area contributed by atoms with Crippen LogP contribution in [-0.4, -0.2) is 34.8 Å². The van der Waals surface area contributed by atoms with Crippen LogP contribution in [0.5, 0.6) is 11.5 Å². The first-order chi connectivity index (χ1) is 14.1. The fourth-order valence-corrected chi connectivity index (χ4v) is 3.75. The molecule has 4 rings (SSSR count). The number of hydrogen-bond donors (Lipinski definition) is 2. The van der Waals surface area contributed by atoms with Crippen molar-refractivity contribution in [3.63, 3.8) is 0 Å². The van der Waals surface area contributed by atoms with E-state index in [-0.39, 0.29) is 0 Å². The summed E-state index contributed by atoms with van der Waals surface area (Å²) in [7, 11) is 0. The lowest BCUT2D eigenvalue weighted by atomic mass is 9.99. The van der Waals surface area contributed by atoms with Gasteiger partial charge in [-0.25, -0.2) is 9.97 Å². The van der Waals surface area contributed by atoms with Crippen molar-refractivity contribution in [2.45, 2.75) is 26.7 Å². The molecule has 3 aromatic rings. The number of rotatable bonds is 5. The second-order valence-corrected chi connectivity index (χ2v) is 7.77. The predicted octanol–water partition coefficient (Wildman–Crippen LogP) is 4.51. The molecule has 0 spiro atoms. The van der Waals surface area contributed by atoms with E-state index in [0.717, 1.165) is 59.1 Å². The summed E-state index contributed by atoms with van der Waals surface area (Å²) in [4.78, 5) is 8.89. The van der Waals surface area contributed by atoms with Gasteiger partial charge in [-0.2, -0.15) is 0 Å². The summed E-state index contributed by atoms with van der Waals surface area (Å²) in [6, 6.07) is 13.7. The summed E-state index contributed by atoms with van der Waals surface area (Å²) in [6.45, 7) is 6.91. The Bertz CT molecular complexity index is 997. The predicted molar refractivity (Wildman–Crippen MR) is 115 cm³/mol. The van der Waals surface area contributed by atoms with Crippen molar-refractivity contribution >= 4 is 0 Å². The molecule has 5 heteroatoms. The van der Waals surface area contributed by atoms with E-state index in [1.54, 1.807) is 12.4 Å². The number of nitrogens with one attached hydrogen (secondary N) is 1. The van der Waals surface area contributed by atoms with Crippen LogP contribution in [0.3, 0.4) is 0 Å². The van der Waals surface area contributed by atoms with Crippen LogP contribution in [0.15, 0.2) is 48.8 Å². The highest BCUT2D eigenvalue weighted by molar-refractivity contribution is 5.70. The van der Waals surface area contributed by atoms with Crippen LogP contribution in [-0.2, 0) is 0 Å². The van der Waals surface area contributed by atoms with Gasteiger partial charge in [-0.1, -0.05) is 0 Å². The summed E-state index contributed by atoms with van der Waals surface area (Å²) in [5, 5.41) is 13.2. The maximum absolute atomic E-state index is 9.76. The Balaban J connectivity index is 1.52. The number of ether oxygens (including phenoxy) is 1. The van der Waals surface area contributed by atoms with Gasteiger partial charge in [-0.3, -0.25) is 0 Å². The van der Waals surface area contributed by atoms with Crippen molar-refractivity contribution in [1.29, 1.82) is 0 Å². The largest absolute Gasteiger partial charge is 0.508 e. The first kappa shape index (κ1) is 19.4. The molecule has 2 N–H and O–H groups in total. The van der Waals surface area contributed by atoms with E-state index in [2.05, 4.69) is 34.3 Å². The second-order valence-electron chi connectivity index (χ2n) is 7.77. The van der Waals surface area contributed by atoms with Crippen LogP contribution in [0, 0.1) is 19.8 Å². The van der Waals surface area contributed by atoms with E-state index >= 15 is 0 Å². The van der Waals surface area contributed by atoms with Gasteiger partial charge in [0.05, 0.1) is 18.0 Å². The molecule has 29 heavy (non-hydrogen) atoms. The molecule has 1 aliphatic rings. The van der Waals surface area contributed by atoms with Crippen LogP contribution >= 0.6 is 0 Å². The molecule has 0 unspecified atom stereocenters. The molecule has 1 saturated heterocycles. The molecule has 2 heterocycles. The van der Waals surface area contributed by atoms with Gasteiger partial charge >= 0.3 is 0 Å². The molecule has 0 atom stereocenters. The summed E-state index contributed by atoms with van der Waals surface area (Å²) >= 11 is 0. The molecule has 150 valence electrons. The number of benzene rings is 2. The lowest BCUT2D eigenvalue weighted by Gasteiger charge is -2.22. The highest BCUT2D eigenvalue weighted by Crippen LogP contribution is 2.29. The summed E-state index contributed by atoms with van der Waals surface area (Å²) in [6.07, 6.45) is 3.95. The zero-order valence-corrected chi connectivity index (χ0v) is 17.0. The molecule has 0 amide bonds. The van der Waals surface area contributed by atoms with Gasteiger partial charge in [0.1, 0.15) is 17.8 Å². The molecular weight excluding hydrogens is 362 g/mol. The minimum absolute atomic E-state index is 0.291. The van der Waals surface area contributed by atoms with E-state index in [1.165, 1.54) is 12.8 Å². The second kappa shape index (κ2) is 8.62. The number of nitrogens with zero attached hydrogens (tertiary/aromatic N) is 2. The zero-order chi connectivity index (χ0) is 20.2. The summed E-state index contributed by atoms with van der Waals surface area (Å²) in [5.41, 5.74) is 5.70. The SMILES string of the molecule is Cc1cc(-c2cc(-c3ccc(OCC4CCNCC4)cc3C)ncn2)ccc1O. The molecule has 5 nitrogen and oxygen atoms in total. The van der Waals surface area contributed by atoms with Crippen LogP contribution < -0.4 is 10.1 Å². The summed E-state index contributed by atoms with van der Waals surface area (Å²) in [5.74, 6) is 1.83. The van der Waals surface area contributed by atoms with Gasteiger partial charge in [0.25, 0.3) is 0 Å². The molecule has 1 aliphatic heterocycles. The fraction of sp³-hybridized carbons (Fsp3) is 0.333. The van der Waals surface area contributed by atoms with Crippen molar-refractivity contribution in [1.82, 2.24) is 15.3 Å². The normalized spacial score (nSPS) is 14.7. The number of aryl methyl sites for hydroxylation is 2. The lowest BCUT2D eigenvalue weighted by molar-refractivity contribution is 0.215. The van der Waals surface area contributed by atoms with Gasteiger partial charge in [0, 0.05) is 11.1 Å². The molecular formula is C24H27N3O2. The molecule has 0 bridgehead atoms. The average molecular weight is 389 g/mol. The molecule has 1 fully saturated rings. The standard InChI is InChI=1S/C24H27N3O2/c1-16-12-20(29-14-18-7-9-25-10-8-18)4-5-21(16)23-13-22(26-15-27-23)19-3-6-24(28)17(2)11-19/h3-6,11-13,15,18,25,28H,7-10,14H2,1-2H3. The fourth-order valence-electron chi connectivity index (χ4n) is 3.75. The quantitative estimate of drug-likeness (QED) is 0.672. The van der Waals surface area contributed by atoms with Crippen molar-refractivity contribution in [3.05, 3.63) is 59.9 Å². The van der Waals surface area contributed by atoms with Gasteiger partial charge in [0.15, 0.2) is 0 Å². The third-order valence-corrected chi connectivity index (χ3v) is 5.58. The Morgan fingerprint density at radius 1 is 0.966 bits per heavy atom. The molecule has 2 aromatic carbocycles. The van der Waals surface area contributed by atoms with Gasteiger partial charge < -0.3 is 15.2 Å². The first-order valence-electron chi connectivity index (χ1n) is 10.2. The Labute approximate surface area is 171 Å². The zero-order valence-electron chi connectivity index (χ0n) is 17.0. The number of phenols is 1. The number of phenolic OH excluding ortho intramolecular Hbond substituents is 1. The minimum atomic E-state index is 0.291.